The molecule has 0 fully saturated rings. The minimum absolute atomic E-state index is 0.303. The summed E-state index contributed by atoms with van der Waals surface area (Å²) >= 11 is 2.43. The molecule has 0 aliphatic carbocycles. The molecule has 9 nitrogen and oxygen atoms in total. The first-order chi connectivity index (χ1) is 9.45. The zero-order valence-electron chi connectivity index (χ0n) is 9.75. The first-order valence-electron chi connectivity index (χ1n) is 5.10. The van der Waals surface area contributed by atoms with Crippen LogP contribution in [0.25, 0.3) is 0 Å². The van der Waals surface area contributed by atoms with Crippen LogP contribution in [0.2, 0.25) is 0 Å². The van der Waals surface area contributed by atoms with E-state index in [1.54, 1.807) is 0 Å². The van der Waals surface area contributed by atoms with Gasteiger partial charge >= 0.3 is 0 Å². The number of nitro groups is 2. The van der Waals surface area contributed by atoms with Gasteiger partial charge in [-0.1, -0.05) is 23.1 Å². The van der Waals surface area contributed by atoms with Crippen LogP contribution in [0.1, 0.15) is 5.56 Å². The Bertz CT molecular complexity index is 642. The summed E-state index contributed by atoms with van der Waals surface area (Å²) < 4.78 is 0.594. The molecule has 0 bridgehead atoms. The van der Waals surface area contributed by atoms with Gasteiger partial charge in [-0.25, -0.2) is 0 Å². The van der Waals surface area contributed by atoms with Crippen molar-refractivity contribution in [2.45, 2.75) is 10.1 Å². The Morgan fingerprint density at radius 3 is 2.20 bits per heavy atom. The standard InChI is InChI=1S/C9H7N5O4S2/c10-8-11-12-9(20-8)19-4-5-1-6(13(15)16)3-7(2-5)14(17)18/h1-3H,4H2,(H2,10,11). The van der Waals surface area contributed by atoms with Crippen molar-refractivity contribution >= 4 is 39.6 Å². The average molecular weight is 313 g/mol. The fourth-order valence-electron chi connectivity index (χ4n) is 1.37. The van der Waals surface area contributed by atoms with E-state index >= 15 is 0 Å². The zero-order valence-corrected chi connectivity index (χ0v) is 11.4. The van der Waals surface area contributed by atoms with Crippen LogP contribution in [0.5, 0.6) is 0 Å². The van der Waals surface area contributed by atoms with Crippen LogP contribution in [0.4, 0.5) is 16.5 Å². The van der Waals surface area contributed by atoms with E-state index in [1.165, 1.54) is 35.2 Å². The van der Waals surface area contributed by atoms with Crippen LogP contribution in [0, 0.1) is 20.2 Å². The summed E-state index contributed by atoms with van der Waals surface area (Å²) in [6.07, 6.45) is 0. The maximum atomic E-state index is 10.7. The number of nitrogens with zero attached hydrogens (tertiary/aromatic N) is 4. The number of hydrogen-bond donors (Lipinski definition) is 1. The number of rotatable bonds is 5. The minimum Gasteiger partial charge on any atom is -0.374 e. The number of hydrogen-bond acceptors (Lipinski definition) is 9. The highest BCUT2D eigenvalue weighted by atomic mass is 32.2. The predicted octanol–water partition coefficient (Wildman–Crippen LogP) is 2.23. The van der Waals surface area contributed by atoms with Gasteiger partial charge in [-0.2, -0.15) is 0 Å². The number of aromatic nitrogens is 2. The maximum Gasteiger partial charge on any atom is 0.276 e. The third-order valence-electron chi connectivity index (χ3n) is 2.17. The third-order valence-corrected chi connectivity index (χ3v) is 4.13. The smallest absolute Gasteiger partial charge is 0.276 e. The van der Waals surface area contributed by atoms with Gasteiger partial charge < -0.3 is 5.73 Å². The van der Waals surface area contributed by atoms with Gasteiger partial charge in [0.25, 0.3) is 11.4 Å². The minimum atomic E-state index is -0.663. The van der Waals surface area contributed by atoms with Crippen molar-refractivity contribution in [3.8, 4) is 0 Å². The summed E-state index contributed by atoms with van der Waals surface area (Å²) in [6.45, 7) is 0. The van der Waals surface area contributed by atoms with Gasteiger partial charge in [0.1, 0.15) is 0 Å². The number of nitro benzene ring substituents is 2. The second kappa shape index (κ2) is 5.79. The van der Waals surface area contributed by atoms with E-state index in [-0.39, 0.29) is 11.4 Å². The quantitative estimate of drug-likeness (QED) is 0.503. The molecule has 0 saturated carbocycles. The lowest BCUT2D eigenvalue weighted by Gasteiger charge is -2.00. The highest BCUT2D eigenvalue weighted by Crippen LogP contribution is 2.30. The molecular weight excluding hydrogens is 306 g/mol. The van der Waals surface area contributed by atoms with Crippen LogP contribution < -0.4 is 5.73 Å². The summed E-state index contributed by atoms with van der Waals surface area (Å²) in [5.41, 5.74) is 5.26. The van der Waals surface area contributed by atoms with E-state index in [2.05, 4.69) is 10.2 Å². The van der Waals surface area contributed by atoms with E-state index < -0.39 is 9.85 Å². The fourth-order valence-corrected chi connectivity index (χ4v) is 2.94. The molecule has 0 unspecified atom stereocenters. The molecule has 104 valence electrons. The zero-order chi connectivity index (χ0) is 14.7. The van der Waals surface area contributed by atoms with Crippen LogP contribution in [0.15, 0.2) is 22.5 Å². The Kier molecular flexibility index (Phi) is 4.10. The van der Waals surface area contributed by atoms with Gasteiger partial charge in [0.15, 0.2) is 4.34 Å². The predicted molar refractivity (Wildman–Crippen MR) is 73.6 cm³/mol. The molecule has 1 heterocycles. The summed E-state index contributed by atoms with van der Waals surface area (Å²) in [6, 6.07) is 3.52. The number of thioether (sulfide) groups is 1. The number of nitrogens with two attached hydrogens (primary N) is 1. The number of nitrogen functional groups attached to an aromatic ring is 1. The Balaban J connectivity index is 2.21. The SMILES string of the molecule is Nc1nnc(SCc2cc([N+](=O)[O-])cc([N+](=O)[O-])c2)s1. The normalized spacial score (nSPS) is 10.4. The van der Waals surface area contributed by atoms with Crippen molar-refractivity contribution in [1.82, 2.24) is 10.2 Å². The third kappa shape index (κ3) is 3.39. The summed E-state index contributed by atoms with van der Waals surface area (Å²) in [5, 5.41) is 29.2. The van der Waals surface area contributed by atoms with Gasteiger partial charge in [0, 0.05) is 17.9 Å². The molecule has 2 rings (SSSR count). The molecule has 0 saturated heterocycles. The topological polar surface area (TPSA) is 138 Å². The van der Waals surface area contributed by atoms with Gasteiger partial charge in [-0.15, -0.1) is 10.2 Å². The molecule has 0 aliphatic heterocycles. The summed E-state index contributed by atoms with van der Waals surface area (Å²) in [7, 11) is 0. The molecule has 1 aromatic carbocycles. The molecule has 0 spiro atoms. The molecule has 20 heavy (non-hydrogen) atoms. The Labute approximate surface area is 120 Å². The lowest BCUT2D eigenvalue weighted by Crippen LogP contribution is -1.95. The van der Waals surface area contributed by atoms with Crippen molar-refractivity contribution in [3.63, 3.8) is 0 Å². The second-order valence-corrected chi connectivity index (χ2v) is 5.80. The van der Waals surface area contributed by atoms with Crippen LogP contribution >= 0.6 is 23.1 Å². The maximum absolute atomic E-state index is 10.7. The number of anilines is 1. The second-order valence-electron chi connectivity index (χ2n) is 3.57. The largest absolute Gasteiger partial charge is 0.374 e. The van der Waals surface area contributed by atoms with E-state index in [9.17, 15) is 20.2 Å². The molecule has 2 aromatic rings. The van der Waals surface area contributed by atoms with E-state index in [0.717, 1.165) is 6.07 Å². The van der Waals surface area contributed by atoms with Crippen LogP contribution in [0.3, 0.4) is 0 Å². The van der Waals surface area contributed by atoms with Gasteiger partial charge in [-0.3, -0.25) is 20.2 Å². The van der Waals surface area contributed by atoms with E-state index in [4.69, 9.17) is 5.73 Å². The molecule has 2 N–H and O–H groups in total. The van der Waals surface area contributed by atoms with Crippen molar-refractivity contribution < 1.29 is 9.85 Å². The lowest BCUT2D eigenvalue weighted by atomic mass is 10.2. The van der Waals surface area contributed by atoms with Crippen molar-refractivity contribution in [2.75, 3.05) is 5.73 Å². The molecule has 1 aromatic heterocycles. The Hall–Kier alpha value is -2.27. The molecule has 11 heteroatoms. The summed E-state index contributed by atoms with van der Waals surface area (Å²) in [4.78, 5) is 20.2. The first kappa shape index (κ1) is 14.1. The summed E-state index contributed by atoms with van der Waals surface area (Å²) in [5.74, 6) is 0.303. The molecule has 0 radical (unpaired) electrons. The van der Waals surface area contributed by atoms with E-state index in [0.29, 0.717) is 20.8 Å². The highest BCUT2D eigenvalue weighted by molar-refractivity contribution is 8.00. The van der Waals surface area contributed by atoms with Gasteiger partial charge in [-0.05, 0) is 5.56 Å². The van der Waals surface area contributed by atoms with Crippen molar-refractivity contribution in [3.05, 3.63) is 44.0 Å². The molecular formula is C9H7N5O4S2. The molecule has 0 amide bonds. The number of non-ortho nitro benzene ring substituents is 2. The van der Waals surface area contributed by atoms with Crippen LogP contribution in [-0.2, 0) is 5.75 Å². The Morgan fingerprint density at radius 1 is 1.15 bits per heavy atom. The van der Waals surface area contributed by atoms with Crippen molar-refractivity contribution in [1.29, 1.82) is 0 Å². The average Bonchev–Trinajstić information content (AvgIpc) is 2.81. The monoisotopic (exact) mass is 313 g/mol. The molecule has 0 atom stereocenters. The van der Waals surface area contributed by atoms with Crippen molar-refractivity contribution in [2.24, 2.45) is 0 Å². The highest BCUT2D eigenvalue weighted by Gasteiger charge is 2.16. The fraction of sp³-hybridized carbons (Fsp3) is 0.111. The Morgan fingerprint density at radius 2 is 1.75 bits per heavy atom. The number of benzene rings is 1. The lowest BCUT2D eigenvalue weighted by molar-refractivity contribution is -0.394. The van der Waals surface area contributed by atoms with Crippen LogP contribution in [-0.4, -0.2) is 20.0 Å². The van der Waals surface area contributed by atoms with Gasteiger partial charge in [0.05, 0.1) is 15.9 Å². The van der Waals surface area contributed by atoms with E-state index in [1.807, 2.05) is 0 Å². The molecule has 0 aliphatic rings. The first-order valence-corrected chi connectivity index (χ1v) is 6.90. The van der Waals surface area contributed by atoms with Gasteiger partial charge in [0.2, 0.25) is 5.13 Å².